The highest BCUT2D eigenvalue weighted by Crippen LogP contribution is 1.93. The fraction of sp³-hybridized carbons (Fsp3) is 0.778. The normalized spacial score (nSPS) is 15.2. The van der Waals surface area contributed by atoms with E-state index in [1.54, 1.807) is 7.11 Å². The summed E-state index contributed by atoms with van der Waals surface area (Å²) in [4.78, 5) is 0. The number of aliphatic hydroxyl groups is 1. The molecule has 0 aliphatic rings. The first-order valence-electron chi connectivity index (χ1n) is 4.06. The average Bonchev–Trinajstić information content (AvgIpc) is 2.05. The molecule has 0 aromatic carbocycles. The summed E-state index contributed by atoms with van der Waals surface area (Å²) < 4.78 is 4.96. The van der Waals surface area contributed by atoms with Gasteiger partial charge in [0.05, 0.1) is 12.6 Å². The lowest BCUT2D eigenvalue weighted by molar-refractivity contribution is 0.146. The Hall–Kier alpha value is -0.560. The number of rotatable bonds is 6. The molecule has 0 aromatic heterocycles. The molecule has 0 fully saturated rings. The first kappa shape index (κ1) is 11.4. The van der Waals surface area contributed by atoms with Crippen molar-refractivity contribution in [2.75, 3.05) is 20.3 Å². The second-order valence-corrected chi connectivity index (χ2v) is 2.72. The van der Waals surface area contributed by atoms with Crippen molar-refractivity contribution < 1.29 is 9.84 Å². The van der Waals surface area contributed by atoms with Gasteiger partial charge in [0.15, 0.2) is 0 Å². The van der Waals surface area contributed by atoms with Crippen LogP contribution in [-0.4, -0.2) is 37.5 Å². The standard InChI is InChI=1S/C9H17NO2/c1-4-8(2)10-9(5-6-11)7-12-3/h1,8-11H,5-7H2,2-3H3. The molecule has 0 amide bonds. The lowest BCUT2D eigenvalue weighted by Gasteiger charge is -2.18. The van der Waals surface area contributed by atoms with E-state index in [1.165, 1.54) is 0 Å². The highest BCUT2D eigenvalue weighted by atomic mass is 16.5. The Morgan fingerprint density at radius 3 is 2.75 bits per heavy atom. The predicted molar refractivity (Wildman–Crippen MR) is 48.8 cm³/mol. The first-order valence-corrected chi connectivity index (χ1v) is 4.06. The van der Waals surface area contributed by atoms with E-state index in [1.807, 2.05) is 6.92 Å². The van der Waals surface area contributed by atoms with Gasteiger partial charge in [-0.05, 0) is 13.3 Å². The molecule has 2 N–H and O–H groups in total. The van der Waals surface area contributed by atoms with Gasteiger partial charge in [-0.2, -0.15) is 0 Å². The smallest absolute Gasteiger partial charge is 0.0661 e. The Balaban J connectivity index is 3.70. The van der Waals surface area contributed by atoms with Crippen molar-refractivity contribution in [3.8, 4) is 12.3 Å². The van der Waals surface area contributed by atoms with Crippen LogP contribution >= 0.6 is 0 Å². The Morgan fingerprint density at radius 2 is 2.33 bits per heavy atom. The van der Waals surface area contributed by atoms with Crippen LogP contribution in [0.15, 0.2) is 0 Å². The molecule has 0 radical (unpaired) electrons. The topological polar surface area (TPSA) is 41.5 Å². The van der Waals surface area contributed by atoms with Crippen LogP contribution < -0.4 is 5.32 Å². The van der Waals surface area contributed by atoms with E-state index in [4.69, 9.17) is 16.3 Å². The highest BCUT2D eigenvalue weighted by molar-refractivity contribution is 4.96. The molecule has 0 bridgehead atoms. The van der Waals surface area contributed by atoms with Gasteiger partial charge in [0.2, 0.25) is 0 Å². The van der Waals surface area contributed by atoms with E-state index in [0.29, 0.717) is 13.0 Å². The van der Waals surface area contributed by atoms with Crippen LogP contribution in [0.5, 0.6) is 0 Å². The lowest BCUT2D eigenvalue weighted by Crippen LogP contribution is -2.39. The Bertz CT molecular complexity index is 136. The second-order valence-electron chi connectivity index (χ2n) is 2.72. The summed E-state index contributed by atoms with van der Waals surface area (Å²) in [6.45, 7) is 2.63. The van der Waals surface area contributed by atoms with Gasteiger partial charge in [-0.1, -0.05) is 5.92 Å². The minimum absolute atomic E-state index is 0.0247. The van der Waals surface area contributed by atoms with Gasteiger partial charge >= 0.3 is 0 Å². The summed E-state index contributed by atoms with van der Waals surface area (Å²) >= 11 is 0. The van der Waals surface area contributed by atoms with Crippen LogP contribution in [-0.2, 0) is 4.74 Å². The minimum Gasteiger partial charge on any atom is -0.396 e. The highest BCUT2D eigenvalue weighted by Gasteiger charge is 2.08. The zero-order valence-electron chi connectivity index (χ0n) is 7.71. The van der Waals surface area contributed by atoms with Crippen molar-refractivity contribution >= 4 is 0 Å². The van der Waals surface area contributed by atoms with Crippen LogP contribution in [0.25, 0.3) is 0 Å². The van der Waals surface area contributed by atoms with Crippen LogP contribution in [0.4, 0.5) is 0 Å². The SMILES string of the molecule is C#CC(C)NC(CCO)COC. The van der Waals surface area contributed by atoms with Gasteiger partial charge < -0.3 is 9.84 Å². The Labute approximate surface area is 74.1 Å². The van der Waals surface area contributed by atoms with Crippen molar-refractivity contribution in [3.63, 3.8) is 0 Å². The van der Waals surface area contributed by atoms with E-state index >= 15 is 0 Å². The van der Waals surface area contributed by atoms with Crippen molar-refractivity contribution in [2.45, 2.75) is 25.4 Å². The zero-order chi connectivity index (χ0) is 9.40. The summed E-state index contributed by atoms with van der Waals surface area (Å²) in [7, 11) is 1.63. The van der Waals surface area contributed by atoms with Crippen LogP contribution in [0.1, 0.15) is 13.3 Å². The van der Waals surface area contributed by atoms with Crippen LogP contribution in [0.2, 0.25) is 0 Å². The van der Waals surface area contributed by atoms with Gasteiger partial charge in [0.1, 0.15) is 0 Å². The van der Waals surface area contributed by atoms with Crippen LogP contribution in [0.3, 0.4) is 0 Å². The van der Waals surface area contributed by atoms with E-state index in [9.17, 15) is 0 Å². The van der Waals surface area contributed by atoms with Gasteiger partial charge in [0.25, 0.3) is 0 Å². The summed E-state index contributed by atoms with van der Waals surface area (Å²) in [5.41, 5.74) is 0. The average molecular weight is 171 g/mol. The zero-order valence-corrected chi connectivity index (χ0v) is 7.71. The molecule has 2 unspecified atom stereocenters. The largest absolute Gasteiger partial charge is 0.396 e. The third-order valence-corrected chi connectivity index (χ3v) is 1.58. The van der Waals surface area contributed by atoms with Gasteiger partial charge in [-0.3, -0.25) is 5.32 Å². The number of ether oxygens (including phenoxy) is 1. The number of hydrogen-bond acceptors (Lipinski definition) is 3. The van der Waals surface area contributed by atoms with Crippen molar-refractivity contribution in [3.05, 3.63) is 0 Å². The van der Waals surface area contributed by atoms with E-state index in [2.05, 4.69) is 11.2 Å². The summed E-state index contributed by atoms with van der Waals surface area (Å²) in [5.74, 6) is 2.56. The van der Waals surface area contributed by atoms with Crippen molar-refractivity contribution in [1.82, 2.24) is 5.32 Å². The number of terminal acetylenes is 1. The van der Waals surface area contributed by atoms with Crippen molar-refractivity contribution in [2.24, 2.45) is 0 Å². The molecule has 2 atom stereocenters. The molecular weight excluding hydrogens is 154 g/mol. The molecule has 0 heterocycles. The third-order valence-electron chi connectivity index (χ3n) is 1.58. The minimum atomic E-state index is 0.0247. The fourth-order valence-electron chi connectivity index (χ4n) is 0.973. The first-order chi connectivity index (χ1) is 5.74. The number of hydrogen-bond donors (Lipinski definition) is 2. The van der Waals surface area contributed by atoms with Crippen molar-refractivity contribution in [1.29, 1.82) is 0 Å². The molecule has 0 spiro atoms. The molecule has 0 rings (SSSR count). The number of methoxy groups -OCH3 is 1. The third kappa shape index (κ3) is 5.14. The predicted octanol–water partition coefficient (Wildman–Crippen LogP) is -0.00490. The molecule has 12 heavy (non-hydrogen) atoms. The van der Waals surface area contributed by atoms with E-state index in [-0.39, 0.29) is 18.7 Å². The van der Waals surface area contributed by atoms with E-state index in [0.717, 1.165) is 0 Å². The second kappa shape index (κ2) is 7.11. The van der Waals surface area contributed by atoms with Crippen LogP contribution in [0, 0.1) is 12.3 Å². The monoisotopic (exact) mass is 171 g/mol. The molecule has 0 saturated heterocycles. The molecule has 3 heteroatoms. The Morgan fingerprint density at radius 1 is 1.67 bits per heavy atom. The maximum Gasteiger partial charge on any atom is 0.0661 e. The number of aliphatic hydroxyl groups excluding tert-OH is 1. The molecule has 0 aromatic rings. The maximum absolute atomic E-state index is 8.70. The summed E-state index contributed by atoms with van der Waals surface area (Å²) in [5, 5.41) is 11.8. The van der Waals surface area contributed by atoms with Gasteiger partial charge in [-0.15, -0.1) is 6.42 Å². The fourth-order valence-corrected chi connectivity index (χ4v) is 0.973. The molecule has 0 aliphatic heterocycles. The van der Waals surface area contributed by atoms with E-state index < -0.39 is 0 Å². The number of nitrogens with one attached hydrogen (secondary N) is 1. The van der Waals surface area contributed by atoms with Gasteiger partial charge in [-0.25, -0.2) is 0 Å². The lowest BCUT2D eigenvalue weighted by atomic mass is 10.2. The Kier molecular flexibility index (Phi) is 6.78. The van der Waals surface area contributed by atoms with Gasteiger partial charge in [0, 0.05) is 19.8 Å². The quantitative estimate of drug-likeness (QED) is 0.552. The molecule has 0 saturated carbocycles. The molecule has 3 nitrogen and oxygen atoms in total. The summed E-state index contributed by atoms with van der Waals surface area (Å²) in [6, 6.07) is 0.169. The molecule has 0 aliphatic carbocycles. The summed E-state index contributed by atoms with van der Waals surface area (Å²) in [6.07, 6.45) is 5.86. The molecular formula is C9H17NO2. The molecule has 70 valence electrons. The maximum atomic E-state index is 8.70.